The lowest BCUT2D eigenvalue weighted by Gasteiger charge is -2.29. The highest BCUT2D eigenvalue weighted by molar-refractivity contribution is 5.87. The fourth-order valence-electron chi connectivity index (χ4n) is 3.50. The molecule has 174 valence electrons. The molecule has 32 heavy (non-hydrogen) atoms. The van der Waals surface area contributed by atoms with E-state index in [0.717, 1.165) is 18.4 Å². The van der Waals surface area contributed by atoms with Gasteiger partial charge in [0.1, 0.15) is 11.9 Å². The first-order chi connectivity index (χ1) is 15.1. The summed E-state index contributed by atoms with van der Waals surface area (Å²) >= 11 is 0. The molecule has 0 unspecified atom stereocenters. The molecular formula is C27H37FN2O2. The van der Waals surface area contributed by atoms with Gasteiger partial charge in [-0.25, -0.2) is 4.39 Å². The Bertz CT molecular complexity index is 887. The van der Waals surface area contributed by atoms with E-state index in [1.54, 1.807) is 25.1 Å². The van der Waals surface area contributed by atoms with E-state index in [9.17, 15) is 14.0 Å². The molecule has 2 amide bonds. The lowest BCUT2D eigenvalue weighted by molar-refractivity contribution is -0.140. The van der Waals surface area contributed by atoms with E-state index in [1.807, 2.05) is 0 Å². The van der Waals surface area contributed by atoms with Crippen LogP contribution in [0, 0.1) is 5.82 Å². The summed E-state index contributed by atoms with van der Waals surface area (Å²) in [6, 6.07) is 14.0. The number of hydrogen-bond donors (Lipinski definition) is 1. The summed E-state index contributed by atoms with van der Waals surface area (Å²) in [6.07, 6.45) is 2.68. The van der Waals surface area contributed by atoms with Crippen molar-refractivity contribution < 1.29 is 14.0 Å². The van der Waals surface area contributed by atoms with Crippen LogP contribution >= 0.6 is 0 Å². The summed E-state index contributed by atoms with van der Waals surface area (Å²) in [5.41, 5.74) is 2.79. The van der Waals surface area contributed by atoms with Crippen molar-refractivity contribution in [3.8, 4) is 0 Å². The van der Waals surface area contributed by atoms with Gasteiger partial charge < -0.3 is 10.2 Å². The van der Waals surface area contributed by atoms with Crippen LogP contribution in [0.5, 0.6) is 0 Å². The number of nitrogens with one attached hydrogen (secondary N) is 1. The lowest BCUT2D eigenvalue weighted by atomic mass is 9.86. The number of hydrogen-bond acceptors (Lipinski definition) is 2. The Kier molecular flexibility index (Phi) is 9.42. The highest BCUT2D eigenvalue weighted by Crippen LogP contribution is 2.23. The molecule has 0 aliphatic rings. The number of halogens is 1. The SMILES string of the molecule is CCCCNC(=O)[C@@H](C)N(Cc1ccccc1F)C(=O)CCc1ccc(C(C)(C)C)cc1. The van der Waals surface area contributed by atoms with Crippen molar-refractivity contribution in [2.75, 3.05) is 6.54 Å². The molecule has 0 fully saturated rings. The Labute approximate surface area is 192 Å². The topological polar surface area (TPSA) is 49.4 Å². The number of carbonyl (C=O) groups is 2. The van der Waals surface area contributed by atoms with Gasteiger partial charge in [0.2, 0.25) is 11.8 Å². The molecule has 2 aromatic rings. The molecule has 4 nitrogen and oxygen atoms in total. The number of unbranched alkanes of at least 4 members (excludes halogenated alkanes) is 1. The van der Waals surface area contributed by atoms with E-state index in [1.165, 1.54) is 16.5 Å². The van der Waals surface area contributed by atoms with Gasteiger partial charge in [-0.1, -0.05) is 76.6 Å². The van der Waals surface area contributed by atoms with Crippen LogP contribution in [-0.2, 0) is 28.0 Å². The second-order valence-electron chi connectivity index (χ2n) is 9.38. The average Bonchev–Trinajstić information content (AvgIpc) is 2.76. The molecule has 0 radical (unpaired) electrons. The highest BCUT2D eigenvalue weighted by atomic mass is 19.1. The maximum Gasteiger partial charge on any atom is 0.242 e. The van der Waals surface area contributed by atoms with Gasteiger partial charge in [-0.2, -0.15) is 0 Å². The van der Waals surface area contributed by atoms with Crippen molar-refractivity contribution in [2.45, 2.75) is 78.3 Å². The summed E-state index contributed by atoms with van der Waals surface area (Å²) in [5.74, 6) is -0.745. The summed E-state index contributed by atoms with van der Waals surface area (Å²) in [5, 5.41) is 2.89. The molecular weight excluding hydrogens is 403 g/mol. The standard InChI is InChI=1S/C27H37FN2O2/c1-6-7-18-29-26(32)20(2)30(19-22-10-8-9-11-24(22)28)25(31)17-14-21-12-15-23(16-13-21)27(3,4)5/h8-13,15-16,20H,6-7,14,17-19H2,1-5H3,(H,29,32)/t20-/m1/s1. The summed E-state index contributed by atoms with van der Waals surface area (Å²) in [4.78, 5) is 27.3. The van der Waals surface area contributed by atoms with E-state index >= 15 is 0 Å². The molecule has 5 heteroatoms. The maximum absolute atomic E-state index is 14.3. The van der Waals surface area contributed by atoms with E-state index in [0.29, 0.717) is 18.5 Å². The van der Waals surface area contributed by atoms with Crippen molar-refractivity contribution in [3.05, 3.63) is 71.0 Å². The minimum Gasteiger partial charge on any atom is -0.354 e. The van der Waals surface area contributed by atoms with E-state index < -0.39 is 6.04 Å². The zero-order valence-corrected chi connectivity index (χ0v) is 20.1. The first-order valence-electron chi connectivity index (χ1n) is 11.5. The van der Waals surface area contributed by atoms with Gasteiger partial charge in [-0.15, -0.1) is 0 Å². The summed E-state index contributed by atoms with van der Waals surface area (Å²) < 4.78 is 14.3. The number of nitrogens with zero attached hydrogens (tertiary/aromatic N) is 1. The van der Waals surface area contributed by atoms with Crippen LogP contribution < -0.4 is 5.32 Å². The van der Waals surface area contributed by atoms with Gasteiger partial charge >= 0.3 is 0 Å². The smallest absolute Gasteiger partial charge is 0.242 e. The van der Waals surface area contributed by atoms with Crippen LogP contribution in [0.15, 0.2) is 48.5 Å². The third-order valence-corrected chi connectivity index (χ3v) is 5.74. The van der Waals surface area contributed by atoms with Crippen LogP contribution in [0.2, 0.25) is 0 Å². The monoisotopic (exact) mass is 440 g/mol. The van der Waals surface area contributed by atoms with E-state index in [2.05, 4.69) is 57.3 Å². The number of aryl methyl sites for hydroxylation is 1. The Morgan fingerprint density at radius 1 is 1.06 bits per heavy atom. The molecule has 0 saturated heterocycles. The van der Waals surface area contributed by atoms with Gasteiger partial charge in [0.05, 0.1) is 0 Å². The molecule has 0 aliphatic carbocycles. The van der Waals surface area contributed by atoms with Crippen LogP contribution in [0.1, 0.15) is 70.6 Å². The Morgan fingerprint density at radius 3 is 2.31 bits per heavy atom. The molecule has 0 aliphatic heterocycles. The van der Waals surface area contributed by atoms with Crippen molar-refractivity contribution in [2.24, 2.45) is 0 Å². The molecule has 2 rings (SSSR count). The maximum atomic E-state index is 14.3. The lowest BCUT2D eigenvalue weighted by Crippen LogP contribution is -2.48. The van der Waals surface area contributed by atoms with Crippen molar-refractivity contribution in [3.63, 3.8) is 0 Å². The van der Waals surface area contributed by atoms with Crippen LogP contribution in [0.25, 0.3) is 0 Å². The summed E-state index contributed by atoms with van der Waals surface area (Å²) in [7, 11) is 0. The molecule has 0 aromatic heterocycles. The van der Waals surface area contributed by atoms with Crippen molar-refractivity contribution in [1.29, 1.82) is 0 Å². The molecule has 0 spiro atoms. The summed E-state index contributed by atoms with van der Waals surface area (Å²) in [6.45, 7) is 10.9. The van der Waals surface area contributed by atoms with Gasteiger partial charge in [0.15, 0.2) is 0 Å². The van der Waals surface area contributed by atoms with Crippen LogP contribution in [0.4, 0.5) is 4.39 Å². The molecule has 1 N–H and O–H groups in total. The van der Waals surface area contributed by atoms with Gasteiger partial charge in [-0.05, 0) is 42.4 Å². The average molecular weight is 441 g/mol. The van der Waals surface area contributed by atoms with E-state index in [-0.39, 0.29) is 36.0 Å². The second kappa shape index (κ2) is 11.8. The molecule has 1 atom stereocenters. The Hall–Kier alpha value is -2.69. The normalized spacial score (nSPS) is 12.3. The number of benzene rings is 2. The molecule has 2 aromatic carbocycles. The molecule has 0 saturated carbocycles. The van der Waals surface area contributed by atoms with Crippen molar-refractivity contribution >= 4 is 11.8 Å². The predicted octanol–water partition coefficient (Wildman–Crippen LogP) is 5.39. The minimum atomic E-state index is -0.678. The van der Waals surface area contributed by atoms with Gasteiger partial charge in [0, 0.05) is 25.1 Å². The largest absolute Gasteiger partial charge is 0.354 e. The van der Waals surface area contributed by atoms with E-state index in [4.69, 9.17) is 0 Å². The van der Waals surface area contributed by atoms with Crippen molar-refractivity contribution in [1.82, 2.24) is 10.2 Å². The zero-order valence-electron chi connectivity index (χ0n) is 20.1. The number of rotatable bonds is 10. The number of carbonyl (C=O) groups excluding carboxylic acids is 2. The van der Waals surface area contributed by atoms with Gasteiger partial charge in [-0.3, -0.25) is 9.59 Å². The third-order valence-electron chi connectivity index (χ3n) is 5.74. The molecule has 0 bridgehead atoms. The third kappa shape index (κ3) is 7.47. The van der Waals surface area contributed by atoms with Crippen LogP contribution in [0.3, 0.4) is 0 Å². The number of amides is 2. The predicted molar refractivity (Wildman–Crippen MR) is 128 cm³/mol. The van der Waals surface area contributed by atoms with Gasteiger partial charge in [0.25, 0.3) is 0 Å². The molecule has 0 heterocycles. The first kappa shape index (κ1) is 25.6. The quantitative estimate of drug-likeness (QED) is 0.504. The minimum absolute atomic E-state index is 0.0663. The highest BCUT2D eigenvalue weighted by Gasteiger charge is 2.26. The first-order valence-corrected chi connectivity index (χ1v) is 11.5. The fraction of sp³-hybridized carbons (Fsp3) is 0.481. The Balaban J connectivity index is 2.12. The fourth-order valence-corrected chi connectivity index (χ4v) is 3.50. The Morgan fingerprint density at radius 2 is 1.72 bits per heavy atom. The zero-order chi connectivity index (χ0) is 23.7. The van der Waals surface area contributed by atoms with Crippen LogP contribution in [-0.4, -0.2) is 29.3 Å². The second-order valence-corrected chi connectivity index (χ2v) is 9.38.